The molecule has 3 nitrogen and oxygen atoms in total. The van der Waals surface area contributed by atoms with E-state index in [1.165, 1.54) is 0 Å². The molecule has 0 spiro atoms. The molecule has 76 valence electrons. The summed E-state index contributed by atoms with van der Waals surface area (Å²) in [5.41, 5.74) is 0.876. The molecular formula is C10H11BrO3. The molecule has 1 aromatic rings. The van der Waals surface area contributed by atoms with Crippen molar-refractivity contribution in [1.29, 1.82) is 0 Å². The summed E-state index contributed by atoms with van der Waals surface area (Å²) in [5.74, 6) is -1.00. The molecule has 0 radical (unpaired) electrons. The van der Waals surface area contributed by atoms with E-state index in [9.17, 15) is 9.90 Å². The minimum Gasteiger partial charge on any atom is -0.481 e. The molecule has 2 N–H and O–H groups in total. The highest BCUT2D eigenvalue weighted by molar-refractivity contribution is 9.09. The number of alkyl halides is 1. The van der Waals surface area contributed by atoms with Crippen LogP contribution in [-0.2, 0) is 4.79 Å². The SMILES string of the molecule is O=C(O)C[C@@H](O)[C@@H](Br)c1ccccc1. The van der Waals surface area contributed by atoms with Gasteiger partial charge in [0.1, 0.15) is 0 Å². The van der Waals surface area contributed by atoms with Crippen molar-refractivity contribution in [3.05, 3.63) is 35.9 Å². The number of aliphatic carboxylic acids is 1. The number of hydrogen-bond donors (Lipinski definition) is 2. The van der Waals surface area contributed by atoms with E-state index in [2.05, 4.69) is 15.9 Å². The van der Waals surface area contributed by atoms with Crippen molar-refractivity contribution in [2.45, 2.75) is 17.4 Å². The van der Waals surface area contributed by atoms with E-state index in [1.807, 2.05) is 30.3 Å². The van der Waals surface area contributed by atoms with Crippen LogP contribution in [0.15, 0.2) is 30.3 Å². The van der Waals surface area contributed by atoms with Gasteiger partial charge in [-0.2, -0.15) is 0 Å². The zero-order valence-corrected chi connectivity index (χ0v) is 9.02. The fourth-order valence-corrected chi connectivity index (χ4v) is 1.63. The molecule has 0 unspecified atom stereocenters. The van der Waals surface area contributed by atoms with Crippen LogP contribution in [0.3, 0.4) is 0 Å². The van der Waals surface area contributed by atoms with Crippen LogP contribution < -0.4 is 0 Å². The van der Waals surface area contributed by atoms with Crippen molar-refractivity contribution in [2.24, 2.45) is 0 Å². The van der Waals surface area contributed by atoms with Crippen molar-refractivity contribution < 1.29 is 15.0 Å². The second-order valence-corrected chi connectivity index (χ2v) is 3.96. The van der Waals surface area contributed by atoms with Gasteiger partial charge in [-0.25, -0.2) is 0 Å². The minimum absolute atomic E-state index is 0.259. The van der Waals surface area contributed by atoms with Crippen LogP contribution >= 0.6 is 15.9 Å². The van der Waals surface area contributed by atoms with E-state index in [4.69, 9.17) is 5.11 Å². The molecule has 0 fully saturated rings. The first-order valence-corrected chi connectivity index (χ1v) is 5.11. The van der Waals surface area contributed by atoms with Crippen molar-refractivity contribution >= 4 is 21.9 Å². The summed E-state index contributed by atoms with van der Waals surface area (Å²) in [6.45, 7) is 0. The molecule has 2 atom stereocenters. The molecule has 0 aliphatic carbocycles. The lowest BCUT2D eigenvalue weighted by Crippen LogP contribution is -2.17. The molecule has 0 aliphatic heterocycles. The van der Waals surface area contributed by atoms with Crippen LogP contribution in [0.25, 0.3) is 0 Å². The monoisotopic (exact) mass is 258 g/mol. The van der Waals surface area contributed by atoms with Crippen LogP contribution in [0.1, 0.15) is 16.8 Å². The van der Waals surface area contributed by atoms with Gasteiger partial charge in [0.15, 0.2) is 0 Å². The highest BCUT2D eigenvalue weighted by atomic mass is 79.9. The largest absolute Gasteiger partial charge is 0.481 e. The second kappa shape index (κ2) is 5.12. The maximum absolute atomic E-state index is 10.4. The third kappa shape index (κ3) is 3.12. The molecule has 0 bridgehead atoms. The van der Waals surface area contributed by atoms with Gasteiger partial charge >= 0.3 is 5.97 Å². The predicted octanol–water partition coefficient (Wildman–Crippen LogP) is 1.96. The Morgan fingerprint density at radius 1 is 1.36 bits per heavy atom. The summed E-state index contributed by atoms with van der Waals surface area (Å²) in [7, 11) is 0. The van der Waals surface area contributed by atoms with E-state index >= 15 is 0 Å². The Kier molecular flexibility index (Phi) is 4.10. The van der Waals surface area contributed by atoms with Gasteiger partial charge in [-0.05, 0) is 5.56 Å². The maximum atomic E-state index is 10.4. The van der Waals surface area contributed by atoms with Crippen LogP contribution in [-0.4, -0.2) is 22.3 Å². The topological polar surface area (TPSA) is 57.5 Å². The number of aliphatic hydroxyl groups excluding tert-OH is 1. The molecule has 0 saturated heterocycles. The predicted molar refractivity (Wildman–Crippen MR) is 56.4 cm³/mol. The van der Waals surface area contributed by atoms with Gasteiger partial charge < -0.3 is 10.2 Å². The lowest BCUT2D eigenvalue weighted by atomic mass is 10.1. The second-order valence-electron chi connectivity index (χ2n) is 2.98. The first kappa shape index (κ1) is 11.2. The van der Waals surface area contributed by atoms with Crippen molar-refractivity contribution in [3.8, 4) is 0 Å². The van der Waals surface area contributed by atoms with Gasteiger partial charge in [0.05, 0.1) is 17.4 Å². The Hall–Kier alpha value is -0.870. The maximum Gasteiger partial charge on any atom is 0.306 e. The van der Waals surface area contributed by atoms with Gasteiger partial charge in [0.2, 0.25) is 0 Å². The summed E-state index contributed by atoms with van der Waals surface area (Å²) in [4.78, 5) is 10.0. The first-order valence-electron chi connectivity index (χ1n) is 4.20. The summed E-state index contributed by atoms with van der Waals surface area (Å²) >= 11 is 3.27. The standard InChI is InChI=1S/C10H11BrO3/c11-10(8(12)6-9(13)14)7-4-2-1-3-5-7/h1-5,8,10,12H,6H2,(H,13,14)/t8-,10+/m1/s1. The summed E-state index contributed by atoms with van der Waals surface area (Å²) in [6.07, 6.45) is -1.17. The van der Waals surface area contributed by atoms with Gasteiger partial charge in [0.25, 0.3) is 0 Å². The van der Waals surface area contributed by atoms with E-state index in [-0.39, 0.29) is 11.2 Å². The summed E-state index contributed by atoms with van der Waals surface area (Å²) < 4.78 is 0. The average Bonchev–Trinajstić information content (AvgIpc) is 2.17. The van der Waals surface area contributed by atoms with Crippen LogP contribution in [0, 0.1) is 0 Å². The highest BCUT2D eigenvalue weighted by Crippen LogP contribution is 2.27. The Morgan fingerprint density at radius 2 is 1.93 bits per heavy atom. The molecule has 1 aromatic carbocycles. The van der Waals surface area contributed by atoms with Gasteiger partial charge in [0, 0.05) is 0 Å². The van der Waals surface area contributed by atoms with Gasteiger partial charge in [-0.1, -0.05) is 46.3 Å². The third-order valence-corrected chi connectivity index (χ3v) is 2.98. The summed E-state index contributed by atoms with van der Waals surface area (Å²) in [6, 6.07) is 9.23. The molecule has 0 saturated carbocycles. The minimum atomic E-state index is -1.00. The number of aliphatic hydroxyl groups is 1. The molecule has 14 heavy (non-hydrogen) atoms. The number of halogens is 1. The van der Waals surface area contributed by atoms with E-state index in [0.29, 0.717) is 0 Å². The fraction of sp³-hybridized carbons (Fsp3) is 0.300. The number of carbonyl (C=O) groups is 1. The van der Waals surface area contributed by atoms with Crippen molar-refractivity contribution in [1.82, 2.24) is 0 Å². The molecule has 0 aromatic heterocycles. The lowest BCUT2D eigenvalue weighted by Gasteiger charge is -2.15. The smallest absolute Gasteiger partial charge is 0.306 e. The fourth-order valence-electron chi connectivity index (χ4n) is 1.14. The third-order valence-electron chi connectivity index (χ3n) is 1.84. The summed E-state index contributed by atoms with van der Waals surface area (Å²) in [5, 5.41) is 18.0. The average molecular weight is 259 g/mol. The zero-order chi connectivity index (χ0) is 10.6. The molecule has 0 amide bonds. The van der Waals surface area contributed by atoms with Gasteiger partial charge in [-0.15, -0.1) is 0 Å². The number of hydrogen-bond acceptors (Lipinski definition) is 2. The number of benzene rings is 1. The molecular weight excluding hydrogens is 248 g/mol. The molecule has 1 rings (SSSR count). The van der Waals surface area contributed by atoms with Crippen LogP contribution in [0.2, 0.25) is 0 Å². The van der Waals surface area contributed by atoms with E-state index < -0.39 is 12.1 Å². The van der Waals surface area contributed by atoms with E-state index in [1.54, 1.807) is 0 Å². The van der Waals surface area contributed by atoms with Crippen LogP contribution in [0.4, 0.5) is 0 Å². The van der Waals surface area contributed by atoms with E-state index in [0.717, 1.165) is 5.56 Å². The Labute approximate surface area is 90.5 Å². The number of carboxylic acid groups (broad SMARTS) is 1. The molecule has 4 heteroatoms. The quantitative estimate of drug-likeness (QED) is 0.812. The van der Waals surface area contributed by atoms with Crippen molar-refractivity contribution in [3.63, 3.8) is 0 Å². The van der Waals surface area contributed by atoms with Gasteiger partial charge in [-0.3, -0.25) is 4.79 Å². The van der Waals surface area contributed by atoms with Crippen molar-refractivity contribution in [2.75, 3.05) is 0 Å². The zero-order valence-electron chi connectivity index (χ0n) is 7.43. The number of carboxylic acids is 1. The molecule has 0 aliphatic rings. The molecule has 0 heterocycles. The highest BCUT2D eigenvalue weighted by Gasteiger charge is 2.20. The normalized spacial score (nSPS) is 14.7. The van der Waals surface area contributed by atoms with Crippen LogP contribution in [0.5, 0.6) is 0 Å². The Bertz CT molecular complexity index is 299. The Morgan fingerprint density at radius 3 is 2.43 bits per heavy atom. The lowest BCUT2D eigenvalue weighted by molar-refractivity contribution is -0.139. The Balaban J connectivity index is 2.65. The first-order chi connectivity index (χ1) is 6.61. The number of rotatable bonds is 4.